The van der Waals surface area contributed by atoms with Crippen molar-refractivity contribution in [3.05, 3.63) is 71.3 Å². The maximum absolute atomic E-state index is 12.7. The Morgan fingerprint density at radius 1 is 1.14 bits per heavy atom. The SMILES string of the molecule is Cc1nn(C)c(C(=O)Nc2ccc(C(F)(F)F)cc2)c1N=Cc1ccncc1. The van der Waals surface area contributed by atoms with Crippen LogP contribution in [-0.4, -0.2) is 26.9 Å². The summed E-state index contributed by atoms with van der Waals surface area (Å²) in [6, 6.07) is 7.74. The molecule has 9 heteroatoms. The molecule has 0 aliphatic heterocycles. The molecule has 1 aromatic carbocycles. The number of nitrogens with zero attached hydrogens (tertiary/aromatic N) is 4. The normalized spacial score (nSPS) is 11.8. The largest absolute Gasteiger partial charge is 0.416 e. The molecule has 0 aliphatic carbocycles. The van der Waals surface area contributed by atoms with E-state index in [1.165, 1.54) is 16.8 Å². The summed E-state index contributed by atoms with van der Waals surface area (Å²) in [4.78, 5) is 21.0. The molecule has 0 spiro atoms. The van der Waals surface area contributed by atoms with Gasteiger partial charge in [0.05, 0.1) is 11.3 Å². The van der Waals surface area contributed by atoms with Crippen molar-refractivity contribution < 1.29 is 18.0 Å². The van der Waals surface area contributed by atoms with Crippen LogP contribution in [0.2, 0.25) is 0 Å². The van der Waals surface area contributed by atoms with Crippen molar-refractivity contribution in [2.75, 3.05) is 5.32 Å². The van der Waals surface area contributed by atoms with Gasteiger partial charge in [-0.15, -0.1) is 0 Å². The number of aromatic nitrogens is 3. The minimum absolute atomic E-state index is 0.197. The number of alkyl halides is 3. The lowest BCUT2D eigenvalue weighted by Crippen LogP contribution is -2.16. The van der Waals surface area contributed by atoms with Crippen molar-refractivity contribution >= 4 is 23.5 Å². The lowest BCUT2D eigenvalue weighted by atomic mass is 10.2. The van der Waals surface area contributed by atoms with Crippen LogP contribution in [0.4, 0.5) is 24.5 Å². The summed E-state index contributed by atoms with van der Waals surface area (Å²) < 4.78 is 39.4. The second-order valence-electron chi connectivity index (χ2n) is 5.97. The summed E-state index contributed by atoms with van der Waals surface area (Å²) in [5, 5.41) is 6.79. The van der Waals surface area contributed by atoms with E-state index in [2.05, 4.69) is 20.4 Å². The molecule has 0 aliphatic rings. The molecule has 3 aromatic rings. The second kappa shape index (κ2) is 7.63. The standard InChI is InChI=1S/C19H16F3N5O/c1-12-16(24-11-13-7-9-23-10-8-13)17(27(2)26-12)18(28)25-15-5-3-14(4-6-15)19(20,21)22/h3-11H,1-2H3,(H,25,28). The van der Waals surface area contributed by atoms with Gasteiger partial charge in [0.1, 0.15) is 5.69 Å². The number of hydrogen-bond donors (Lipinski definition) is 1. The van der Waals surface area contributed by atoms with E-state index in [-0.39, 0.29) is 11.4 Å². The third-order valence-electron chi connectivity index (χ3n) is 3.92. The third kappa shape index (κ3) is 4.25. The van der Waals surface area contributed by atoms with Crippen LogP contribution in [0.3, 0.4) is 0 Å². The molecule has 3 rings (SSSR count). The first-order valence-electron chi connectivity index (χ1n) is 8.22. The number of halogens is 3. The molecule has 2 aromatic heterocycles. The Balaban J connectivity index is 1.85. The quantitative estimate of drug-likeness (QED) is 0.684. The summed E-state index contributed by atoms with van der Waals surface area (Å²) in [6.45, 7) is 1.72. The van der Waals surface area contributed by atoms with Crippen molar-refractivity contribution in [3.8, 4) is 0 Å². The van der Waals surface area contributed by atoms with E-state index in [9.17, 15) is 18.0 Å². The monoisotopic (exact) mass is 387 g/mol. The van der Waals surface area contributed by atoms with E-state index in [4.69, 9.17) is 0 Å². The first-order valence-corrected chi connectivity index (χ1v) is 8.22. The van der Waals surface area contributed by atoms with Gasteiger partial charge in [0, 0.05) is 31.3 Å². The average molecular weight is 387 g/mol. The van der Waals surface area contributed by atoms with Crippen molar-refractivity contribution in [2.24, 2.45) is 12.0 Å². The van der Waals surface area contributed by atoms with Crippen LogP contribution in [-0.2, 0) is 13.2 Å². The molecule has 0 unspecified atom stereocenters. The summed E-state index contributed by atoms with van der Waals surface area (Å²) >= 11 is 0. The predicted molar refractivity (Wildman–Crippen MR) is 98.8 cm³/mol. The van der Waals surface area contributed by atoms with Gasteiger partial charge in [0.2, 0.25) is 0 Å². The number of rotatable bonds is 4. The van der Waals surface area contributed by atoms with Gasteiger partial charge in [0.25, 0.3) is 5.91 Å². The number of carbonyl (C=O) groups excluding carboxylic acids is 1. The van der Waals surface area contributed by atoms with Crippen molar-refractivity contribution in [3.63, 3.8) is 0 Å². The smallest absolute Gasteiger partial charge is 0.321 e. The number of aryl methyl sites for hydroxylation is 2. The Kier molecular flexibility index (Phi) is 5.25. The third-order valence-corrected chi connectivity index (χ3v) is 3.92. The van der Waals surface area contributed by atoms with Crippen molar-refractivity contribution in [1.82, 2.24) is 14.8 Å². The molecule has 0 radical (unpaired) electrons. The summed E-state index contributed by atoms with van der Waals surface area (Å²) in [6.07, 6.45) is 0.391. The second-order valence-corrected chi connectivity index (χ2v) is 5.97. The molecule has 28 heavy (non-hydrogen) atoms. The molecule has 6 nitrogen and oxygen atoms in total. The lowest BCUT2D eigenvalue weighted by Gasteiger charge is -2.09. The zero-order valence-electron chi connectivity index (χ0n) is 15.0. The molecule has 1 amide bonds. The zero-order chi connectivity index (χ0) is 20.3. The maximum atomic E-state index is 12.7. The van der Waals surface area contributed by atoms with E-state index in [0.29, 0.717) is 11.4 Å². The molecule has 0 saturated carbocycles. The van der Waals surface area contributed by atoms with Gasteiger partial charge >= 0.3 is 6.18 Å². The number of anilines is 1. The average Bonchev–Trinajstić information content (AvgIpc) is 2.93. The van der Waals surface area contributed by atoms with Crippen LogP contribution in [0.25, 0.3) is 0 Å². The summed E-state index contributed by atoms with van der Waals surface area (Å²) in [7, 11) is 1.60. The zero-order valence-corrected chi connectivity index (χ0v) is 15.0. The minimum Gasteiger partial charge on any atom is -0.321 e. The van der Waals surface area contributed by atoms with Gasteiger partial charge in [-0.3, -0.25) is 19.5 Å². The Hall–Kier alpha value is -3.49. The van der Waals surface area contributed by atoms with E-state index >= 15 is 0 Å². The highest BCUT2D eigenvalue weighted by Crippen LogP contribution is 2.30. The number of nitrogens with one attached hydrogen (secondary N) is 1. The Morgan fingerprint density at radius 3 is 2.39 bits per heavy atom. The molecular weight excluding hydrogens is 371 g/mol. The van der Waals surface area contributed by atoms with Crippen LogP contribution in [0, 0.1) is 6.92 Å². The molecule has 1 N–H and O–H groups in total. The van der Waals surface area contributed by atoms with E-state index in [1.54, 1.807) is 44.7 Å². The molecule has 2 heterocycles. The van der Waals surface area contributed by atoms with Gasteiger partial charge in [-0.05, 0) is 48.9 Å². The van der Waals surface area contributed by atoms with Crippen LogP contribution in [0.15, 0.2) is 53.8 Å². The fourth-order valence-corrected chi connectivity index (χ4v) is 2.58. The topological polar surface area (TPSA) is 72.2 Å². The van der Waals surface area contributed by atoms with Crippen LogP contribution in [0.5, 0.6) is 0 Å². The number of aliphatic imine (C=N–C) groups is 1. The Labute approximate surface area is 158 Å². The van der Waals surface area contributed by atoms with E-state index < -0.39 is 17.6 Å². The van der Waals surface area contributed by atoms with E-state index in [1.807, 2.05) is 0 Å². The first-order chi connectivity index (χ1) is 13.3. The van der Waals surface area contributed by atoms with Gasteiger partial charge in [-0.1, -0.05) is 0 Å². The fourth-order valence-electron chi connectivity index (χ4n) is 2.58. The van der Waals surface area contributed by atoms with Gasteiger partial charge in [-0.25, -0.2) is 0 Å². The Bertz CT molecular complexity index is 1010. The van der Waals surface area contributed by atoms with Gasteiger partial charge in [-0.2, -0.15) is 18.3 Å². The fraction of sp³-hybridized carbons (Fsp3) is 0.158. The molecule has 0 fully saturated rings. The number of hydrogen-bond acceptors (Lipinski definition) is 4. The molecular formula is C19H16F3N5O. The highest BCUT2D eigenvalue weighted by molar-refractivity contribution is 6.07. The predicted octanol–water partition coefficient (Wildman–Crippen LogP) is 4.15. The van der Waals surface area contributed by atoms with Gasteiger partial charge < -0.3 is 5.32 Å². The van der Waals surface area contributed by atoms with E-state index in [0.717, 1.165) is 17.7 Å². The molecule has 144 valence electrons. The minimum atomic E-state index is -4.43. The molecule has 0 saturated heterocycles. The highest BCUT2D eigenvalue weighted by atomic mass is 19.4. The number of amides is 1. The number of carbonyl (C=O) groups is 1. The van der Waals surface area contributed by atoms with Crippen LogP contribution < -0.4 is 5.32 Å². The van der Waals surface area contributed by atoms with Crippen molar-refractivity contribution in [1.29, 1.82) is 0 Å². The highest BCUT2D eigenvalue weighted by Gasteiger charge is 2.30. The molecule has 0 atom stereocenters. The van der Waals surface area contributed by atoms with Crippen LogP contribution in [0.1, 0.15) is 27.3 Å². The van der Waals surface area contributed by atoms with Crippen molar-refractivity contribution in [2.45, 2.75) is 13.1 Å². The molecule has 0 bridgehead atoms. The number of pyridine rings is 1. The summed E-state index contributed by atoms with van der Waals surface area (Å²) in [5.74, 6) is -0.523. The van der Waals surface area contributed by atoms with Gasteiger partial charge in [0.15, 0.2) is 5.69 Å². The number of benzene rings is 1. The summed E-state index contributed by atoms with van der Waals surface area (Å²) in [5.41, 5.74) is 1.37. The van der Waals surface area contributed by atoms with Crippen LogP contribution >= 0.6 is 0 Å². The maximum Gasteiger partial charge on any atom is 0.416 e. The lowest BCUT2D eigenvalue weighted by molar-refractivity contribution is -0.137. The first kappa shape index (κ1) is 19.3. The Morgan fingerprint density at radius 2 is 1.79 bits per heavy atom.